The Labute approximate surface area is 164 Å². The van der Waals surface area contributed by atoms with Crippen LogP contribution >= 0.6 is 11.3 Å². The van der Waals surface area contributed by atoms with Gasteiger partial charge in [-0.05, 0) is 37.0 Å². The van der Waals surface area contributed by atoms with Crippen molar-refractivity contribution >= 4 is 22.1 Å². The van der Waals surface area contributed by atoms with Crippen molar-refractivity contribution in [3.05, 3.63) is 64.9 Å². The molecule has 0 aliphatic heterocycles. The van der Waals surface area contributed by atoms with Gasteiger partial charge in [0.05, 0.1) is 0 Å². The third kappa shape index (κ3) is 5.23. The summed E-state index contributed by atoms with van der Waals surface area (Å²) in [5.41, 5.74) is 0. The Kier molecular flexibility index (Phi) is 8.82. The molecule has 0 saturated carbocycles. The molecule has 0 spiro atoms. The number of fused-ring (bicyclic) bond motifs is 1. The van der Waals surface area contributed by atoms with Crippen LogP contribution in [0.1, 0.15) is 17.4 Å². The maximum atomic E-state index is 6.41. The number of nitrogens with zero attached hydrogens (tertiary/aromatic N) is 1. The van der Waals surface area contributed by atoms with E-state index in [1.54, 1.807) is 11.3 Å². The van der Waals surface area contributed by atoms with E-state index in [4.69, 9.17) is 4.74 Å². The molecule has 127 valence electrons. The van der Waals surface area contributed by atoms with Crippen molar-refractivity contribution in [2.75, 3.05) is 20.6 Å². The van der Waals surface area contributed by atoms with Crippen molar-refractivity contribution in [2.45, 2.75) is 12.5 Å². The first-order valence-corrected chi connectivity index (χ1v) is 8.44. The van der Waals surface area contributed by atoms with Crippen LogP contribution < -0.4 is 17.1 Å². The summed E-state index contributed by atoms with van der Waals surface area (Å²) in [6.45, 7) is 1.01. The monoisotopic (exact) mass is 402 g/mol. The largest absolute Gasteiger partial charge is 3.00 e. The van der Waals surface area contributed by atoms with Crippen molar-refractivity contribution in [1.29, 1.82) is 0 Å². The number of rotatable bonds is 6. The molecule has 0 aliphatic rings. The van der Waals surface area contributed by atoms with Gasteiger partial charge >= 0.3 is 17.1 Å². The fourth-order valence-corrected chi connectivity index (χ4v) is 3.35. The number of thiophene rings is 1. The number of halogens is 1. The minimum Gasteiger partial charge on any atom is -1.00 e. The molecule has 1 radical (unpaired) electrons. The minimum atomic E-state index is 0. The standard InChI is InChI=1S/C19H21NOS.ClH.Fe/c1-20(2)13-12-18(19-11-6-14-22-19)21-17-10-5-8-15-7-3-4-9-16(15)17;;/h3-11,14,18H,12-13H2,1-2H3;1H;/q;;+3/p-1/t18-;;/m0../s1. The summed E-state index contributed by atoms with van der Waals surface area (Å²) in [4.78, 5) is 3.49. The maximum absolute atomic E-state index is 6.41. The third-order valence-corrected chi connectivity index (χ3v) is 4.68. The minimum absolute atomic E-state index is 0. The fourth-order valence-electron chi connectivity index (χ4n) is 2.56. The summed E-state index contributed by atoms with van der Waals surface area (Å²) in [5.74, 6) is 0.968. The van der Waals surface area contributed by atoms with Crippen molar-refractivity contribution in [2.24, 2.45) is 0 Å². The summed E-state index contributed by atoms with van der Waals surface area (Å²) < 4.78 is 6.41. The van der Waals surface area contributed by atoms with Gasteiger partial charge in [0.2, 0.25) is 0 Å². The zero-order chi connectivity index (χ0) is 15.4. The van der Waals surface area contributed by atoms with E-state index in [9.17, 15) is 0 Å². The second-order valence-electron chi connectivity index (χ2n) is 5.69. The molecule has 3 rings (SSSR count). The Bertz CT molecular complexity index is 728. The van der Waals surface area contributed by atoms with Gasteiger partial charge in [-0.25, -0.2) is 0 Å². The van der Waals surface area contributed by atoms with Crippen LogP contribution in [0, 0.1) is 0 Å². The molecule has 2 nitrogen and oxygen atoms in total. The van der Waals surface area contributed by atoms with Gasteiger partial charge in [-0.1, -0.05) is 42.5 Å². The first-order chi connectivity index (χ1) is 10.7. The van der Waals surface area contributed by atoms with Gasteiger partial charge in [0.1, 0.15) is 11.9 Å². The van der Waals surface area contributed by atoms with Crippen molar-refractivity contribution in [3.63, 3.8) is 0 Å². The average molecular weight is 403 g/mol. The molecule has 2 aromatic carbocycles. The number of ether oxygens (including phenoxy) is 1. The van der Waals surface area contributed by atoms with E-state index in [1.807, 2.05) is 0 Å². The molecule has 0 fully saturated rings. The van der Waals surface area contributed by atoms with Gasteiger partial charge in [0.15, 0.2) is 0 Å². The van der Waals surface area contributed by atoms with Gasteiger partial charge in [0, 0.05) is 23.2 Å². The van der Waals surface area contributed by atoms with Crippen LogP contribution in [-0.2, 0) is 17.1 Å². The van der Waals surface area contributed by atoms with Gasteiger partial charge in [-0.2, -0.15) is 0 Å². The Hall–Kier alpha value is -1.03. The molecule has 0 aliphatic carbocycles. The number of benzene rings is 2. The Balaban J connectivity index is 0.00000144. The molecule has 0 amide bonds. The molecule has 0 bridgehead atoms. The maximum Gasteiger partial charge on any atom is 3.00 e. The molecule has 3 aromatic rings. The summed E-state index contributed by atoms with van der Waals surface area (Å²) in [7, 11) is 4.20. The average Bonchev–Trinajstić information content (AvgIpc) is 3.05. The quantitative estimate of drug-likeness (QED) is 0.585. The van der Waals surface area contributed by atoms with E-state index in [0.717, 1.165) is 18.7 Å². The molecule has 1 heterocycles. The summed E-state index contributed by atoms with van der Waals surface area (Å²) in [6, 6.07) is 18.9. The Morgan fingerprint density at radius 1 is 1.00 bits per heavy atom. The topological polar surface area (TPSA) is 12.5 Å². The smallest absolute Gasteiger partial charge is 1.00 e. The molecular formula is C19H21ClFeNOS+2. The number of hydrogen-bond donors (Lipinski definition) is 0. The van der Waals surface area contributed by atoms with Crippen molar-refractivity contribution in [1.82, 2.24) is 4.90 Å². The second kappa shape index (κ2) is 10.1. The molecule has 24 heavy (non-hydrogen) atoms. The molecule has 1 aromatic heterocycles. The van der Waals surface area contributed by atoms with Crippen LogP contribution in [0.15, 0.2) is 60.0 Å². The van der Waals surface area contributed by atoms with E-state index < -0.39 is 0 Å². The van der Waals surface area contributed by atoms with E-state index in [1.165, 1.54) is 15.6 Å². The second-order valence-corrected chi connectivity index (χ2v) is 6.67. The molecule has 0 N–H and O–H groups in total. The van der Waals surface area contributed by atoms with Crippen LogP contribution in [-0.4, -0.2) is 25.5 Å². The molecular weight excluding hydrogens is 382 g/mol. The van der Waals surface area contributed by atoms with Crippen LogP contribution in [0.2, 0.25) is 0 Å². The predicted octanol–water partition coefficient (Wildman–Crippen LogP) is 1.97. The molecule has 0 unspecified atom stereocenters. The summed E-state index contributed by atoms with van der Waals surface area (Å²) in [6.07, 6.45) is 1.09. The Morgan fingerprint density at radius 3 is 2.46 bits per heavy atom. The summed E-state index contributed by atoms with van der Waals surface area (Å²) in [5, 5.41) is 4.51. The zero-order valence-electron chi connectivity index (χ0n) is 13.8. The molecule has 1 atom stereocenters. The molecule has 0 saturated heterocycles. The van der Waals surface area contributed by atoms with Crippen LogP contribution in [0.5, 0.6) is 5.75 Å². The van der Waals surface area contributed by atoms with Gasteiger partial charge in [-0.15, -0.1) is 11.3 Å². The fraction of sp³-hybridized carbons (Fsp3) is 0.263. The number of hydrogen-bond acceptors (Lipinski definition) is 3. The first-order valence-electron chi connectivity index (χ1n) is 7.56. The van der Waals surface area contributed by atoms with Gasteiger partial charge in [-0.3, -0.25) is 0 Å². The van der Waals surface area contributed by atoms with E-state index in [-0.39, 0.29) is 35.6 Å². The third-order valence-electron chi connectivity index (χ3n) is 3.72. The van der Waals surface area contributed by atoms with Gasteiger partial charge < -0.3 is 22.0 Å². The molecule has 5 heteroatoms. The van der Waals surface area contributed by atoms with Gasteiger partial charge in [0.25, 0.3) is 0 Å². The van der Waals surface area contributed by atoms with Crippen molar-refractivity contribution < 1.29 is 34.2 Å². The van der Waals surface area contributed by atoms with E-state index in [0.29, 0.717) is 0 Å². The van der Waals surface area contributed by atoms with E-state index >= 15 is 0 Å². The normalized spacial score (nSPS) is 11.6. The van der Waals surface area contributed by atoms with Crippen molar-refractivity contribution in [3.8, 4) is 5.75 Å². The SMILES string of the molecule is CN(C)CC[C@H](Oc1cccc2ccccc12)c1cccs1.[Cl-].[Fe+3]. The van der Waals surface area contributed by atoms with Crippen LogP contribution in [0.25, 0.3) is 10.8 Å². The van der Waals surface area contributed by atoms with Crippen LogP contribution in [0.4, 0.5) is 0 Å². The van der Waals surface area contributed by atoms with E-state index in [2.05, 4.69) is 79.0 Å². The van der Waals surface area contributed by atoms with Crippen LogP contribution in [0.3, 0.4) is 0 Å². The zero-order valence-corrected chi connectivity index (χ0v) is 16.4. The predicted molar refractivity (Wildman–Crippen MR) is 94.8 cm³/mol. The first kappa shape index (κ1) is 21.0. The Morgan fingerprint density at radius 2 is 1.75 bits per heavy atom. The summed E-state index contributed by atoms with van der Waals surface area (Å²) >= 11 is 1.76.